The van der Waals surface area contributed by atoms with Gasteiger partial charge in [-0.25, -0.2) is 0 Å². The molecule has 126 valence electrons. The van der Waals surface area contributed by atoms with Gasteiger partial charge >= 0.3 is 6.18 Å². The van der Waals surface area contributed by atoms with Crippen molar-refractivity contribution >= 4 is 0 Å². The quantitative estimate of drug-likeness (QED) is 0.698. The Morgan fingerprint density at radius 3 is 2.71 bits per heavy atom. The molecule has 0 fully saturated rings. The van der Waals surface area contributed by atoms with Gasteiger partial charge < -0.3 is 5.73 Å². The molecule has 24 heavy (non-hydrogen) atoms. The first-order valence-electron chi connectivity index (χ1n) is 8.50. The number of fused-ring (bicyclic) bond motifs is 1. The molecule has 1 aromatic rings. The van der Waals surface area contributed by atoms with Crippen molar-refractivity contribution in [2.45, 2.75) is 44.3 Å². The van der Waals surface area contributed by atoms with Gasteiger partial charge in [-0.2, -0.15) is 13.2 Å². The normalized spacial score (nSPS) is 26.7. The van der Waals surface area contributed by atoms with Gasteiger partial charge in [-0.1, -0.05) is 35.9 Å². The Morgan fingerprint density at radius 2 is 1.92 bits per heavy atom. The lowest BCUT2D eigenvalue weighted by molar-refractivity contribution is -0.0884. The van der Waals surface area contributed by atoms with E-state index in [1.54, 1.807) is 0 Å². The minimum Gasteiger partial charge on any atom is -0.320 e. The molecule has 0 aromatic heterocycles. The minimum absolute atomic E-state index is 0.288. The smallest absolute Gasteiger partial charge is 0.320 e. The number of alkyl halides is 3. The predicted molar refractivity (Wildman–Crippen MR) is 88.3 cm³/mol. The van der Waals surface area contributed by atoms with E-state index in [0.717, 1.165) is 42.4 Å². The zero-order chi connectivity index (χ0) is 16.9. The maximum Gasteiger partial charge on any atom is 0.416 e. The summed E-state index contributed by atoms with van der Waals surface area (Å²) in [5, 5.41) is 0. The van der Waals surface area contributed by atoms with Crippen LogP contribution in [-0.4, -0.2) is 6.18 Å². The maximum absolute atomic E-state index is 13.4. The van der Waals surface area contributed by atoms with Crippen molar-refractivity contribution in [2.75, 3.05) is 0 Å². The second kappa shape index (κ2) is 5.62. The fourth-order valence-electron chi connectivity index (χ4n) is 4.43. The van der Waals surface area contributed by atoms with Gasteiger partial charge in [0.15, 0.2) is 0 Å². The first kappa shape index (κ1) is 15.7. The first-order valence-corrected chi connectivity index (χ1v) is 8.50. The van der Waals surface area contributed by atoms with Crippen molar-refractivity contribution < 1.29 is 13.2 Å². The van der Waals surface area contributed by atoms with Gasteiger partial charge in [0.1, 0.15) is 0 Å². The monoisotopic (exact) mass is 331 g/mol. The molecular weight excluding hydrogens is 311 g/mol. The molecule has 3 aliphatic carbocycles. The van der Waals surface area contributed by atoms with E-state index < -0.39 is 17.8 Å². The number of hydrogen-bond donors (Lipinski definition) is 1. The Bertz CT molecular complexity index is 767. The lowest BCUT2D eigenvalue weighted by Crippen LogP contribution is -2.19. The summed E-state index contributed by atoms with van der Waals surface area (Å²) in [6.07, 6.45) is 2.54. The Hall–Kier alpha value is -1.81. The van der Waals surface area contributed by atoms with Crippen LogP contribution in [0, 0.1) is 5.92 Å². The molecule has 2 unspecified atom stereocenters. The number of benzene rings is 1. The molecule has 0 saturated carbocycles. The van der Waals surface area contributed by atoms with Gasteiger partial charge in [-0.15, -0.1) is 0 Å². The lowest BCUT2D eigenvalue weighted by Gasteiger charge is -2.29. The highest BCUT2D eigenvalue weighted by molar-refractivity contribution is 5.55. The summed E-state index contributed by atoms with van der Waals surface area (Å²) in [4.78, 5) is 0. The molecule has 0 radical (unpaired) electrons. The van der Waals surface area contributed by atoms with Crippen LogP contribution < -0.4 is 5.73 Å². The molecule has 0 bridgehead atoms. The maximum atomic E-state index is 13.4. The van der Waals surface area contributed by atoms with Crippen molar-refractivity contribution in [1.29, 1.82) is 0 Å². The van der Waals surface area contributed by atoms with Crippen LogP contribution in [0.4, 0.5) is 13.2 Å². The number of halogens is 3. The fraction of sp³-hybridized carbons (Fsp3) is 0.400. The topological polar surface area (TPSA) is 26.0 Å². The zero-order valence-electron chi connectivity index (χ0n) is 13.4. The van der Waals surface area contributed by atoms with Crippen LogP contribution in [0.1, 0.15) is 42.9 Å². The van der Waals surface area contributed by atoms with E-state index >= 15 is 0 Å². The number of nitrogens with two attached hydrogens (primary N) is 1. The van der Waals surface area contributed by atoms with E-state index in [0.29, 0.717) is 12.0 Å². The van der Waals surface area contributed by atoms with Crippen LogP contribution in [0.3, 0.4) is 0 Å². The SMILES string of the molecule is NC1C2=CC(C(F)(F)F)=CCC3=C2C(CCC3)Cc2ccccc21. The van der Waals surface area contributed by atoms with E-state index in [-0.39, 0.29) is 5.92 Å². The van der Waals surface area contributed by atoms with Crippen molar-refractivity contribution in [2.24, 2.45) is 11.7 Å². The first-order chi connectivity index (χ1) is 11.4. The van der Waals surface area contributed by atoms with Crippen molar-refractivity contribution in [3.63, 3.8) is 0 Å². The van der Waals surface area contributed by atoms with E-state index in [2.05, 4.69) is 6.07 Å². The van der Waals surface area contributed by atoms with Crippen molar-refractivity contribution in [3.05, 3.63) is 69.8 Å². The summed E-state index contributed by atoms with van der Waals surface area (Å²) in [6.45, 7) is 0. The average molecular weight is 331 g/mol. The molecular formula is C20H20F3N. The van der Waals surface area contributed by atoms with Crippen LogP contribution in [0.5, 0.6) is 0 Å². The van der Waals surface area contributed by atoms with E-state index in [9.17, 15) is 13.2 Å². The highest BCUT2D eigenvalue weighted by atomic mass is 19.4. The molecule has 4 rings (SSSR count). The van der Waals surface area contributed by atoms with Crippen LogP contribution >= 0.6 is 0 Å². The third-order valence-electron chi connectivity index (χ3n) is 5.53. The van der Waals surface area contributed by atoms with Crippen LogP contribution in [0.2, 0.25) is 0 Å². The summed E-state index contributed by atoms with van der Waals surface area (Å²) in [6, 6.07) is 7.44. The molecule has 2 N–H and O–H groups in total. The fourth-order valence-corrected chi connectivity index (χ4v) is 4.43. The summed E-state index contributed by atoms with van der Waals surface area (Å²) >= 11 is 0. The van der Waals surface area contributed by atoms with Gasteiger partial charge in [-0.3, -0.25) is 0 Å². The standard InChI is InChI=1S/C20H20F3N/c21-20(22,23)15-9-8-12-5-3-6-14-10-13-4-1-2-7-16(13)19(24)17(11-15)18(12)14/h1-2,4,7,9,11,14,19H,3,5-6,8,10,24H2. The summed E-state index contributed by atoms with van der Waals surface area (Å²) in [5.41, 5.74) is 11.0. The van der Waals surface area contributed by atoms with Gasteiger partial charge in [-0.05, 0) is 66.4 Å². The largest absolute Gasteiger partial charge is 0.416 e. The molecule has 3 aliphatic rings. The summed E-state index contributed by atoms with van der Waals surface area (Å²) in [5.74, 6) is 0.288. The van der Waals surface area contributed by atoms with Crippen LogP contribution in [0.15, 0.2) is 58.7 Å². The van der Waals surface area contributed by atoms with Gasteiger partial charge in [0.2, 0.25) is 0 Å². The molecule has 4 heteroatoms. The van der Waals surface area contributed by atoms with E-state index in [1.165, 1.54) is 17.7 Å². The van der Waals surface area contributed by atoms with E-state index in [4.69, 9.17) is 5.73 Å². The second-order valence-electron chi connectivity index (χ2n) is 6.95. The predicted octanol–water partition coefficient (Wildman–Crippen LogP) is 5.16. The highest BCUT2D eigenvalue weighted by Crippen LogP contribution is 2.48. The highest BCUT2D eigenvalue weighted by Gasteiger charge is 2.38. The number of rotatable bonds is 0. The Balaban J connectivity index is 1.93. The lowest BCUT2D eigenvalue weighted by atomic mass is 9.76. The number of allylic oxidation sites excluding steroid dienone is 4. The van der Waals surface area contributed by atoms with Crippen LogP contribution in [0.25, 0.3) is 0 Å². The molecule has 0 amide bonds. The summed E-state index contributed by atoms with van der Waals surface area (Å²) < 4.78 is 40.1. The molecule has 0 spiro atoms. The molecule has 0 aliphatic heterocycles. The summed E-state index contributed by atoms with van der Waals surface area (Å²) in [7, 11) is 0. The third kappa shape index (κ3) is 2.53. The van der Waals surface area contributed by atoms with Gasteiger partial charge in [0.05, 0.1) is 11.6 Å². The molecule has 0 heterocycles. The third-order valence-corrected chi connectivity index (χ3v) is 5.53. The minimum atomic E-state index is -4.33. The van der Waals surface area contributed by atoms with Gasteiger partial charge in [0.25, 0.3) is 0 Å². The molecule has 1 nitrogen and oxygen atoms in total. The molecule has 1 aromatic carbocycles. The van der Waals surface area contributed by atoms with Crippen molar-refractivity contribution in [1.82, 2.24) is 0 Å². The molecule has 2 atom stereocenters. The van der Waals surface area contributed by atoms with Crippen molar-refractivity contribution in [3.8, 4) is 0 Å². The average Bonchev–Trinajstić information content (AvgIpc) is 2.81. The second-order valence-corrected chi connectivity index (χ2v) is 6.95. The molecule has 0 saturated heterocycles. The Labute approximate surface area is 139 Å². The zero-order valence-corrected chi connectivity index (χ0v) is 13.4. The van der Waals surface area contributed by atoms with E-state index in [1.807, 2.05) is 18.2 Å². The van der Waals surface area contributed by atoms with Crippen LogP contribution in [-0.2, 0) is 6.42 Å². The Kier molecular flexibility index (Phi) is 3.68. The number of hydrogen-bond acceptors (Lipinski definition) is 1. The Morgan fingerprint density at radius 1 is 1.12 bits per heavy atom. The van der Waals surface area contributed by atoms with Gasteiger partial charge in [0, 0.05) is 0 Å².